The van der Waals surface area contributed by atoms with Gasteiger partial charge in [0.1, 0.15) is 5.82 Å². The van der Waals surface area contributed by atoms with E-state index in [0.29, 0.717) is 18.4 Å². The van der Waals surface area contributed by atoms with Crippen LogP contribution < -0.4 is 0 Å². The highest BCUT2D eigenvalue weighted by Gasteiger charge is 2.53. The van der Waals surface area contributed by atoms with E-state index in [-0.39, 0.29) is 18.4 Å². The molecule has 0 aromatic heterocycles. The van der Waals surface area contributed by atoms with Gasteiger partial charge in [0.05, 0.1) is 16.1 Å². The molecule has 2 bridgehead atoms. The van der Waals surface area contributed by atoms with Crippen LogP contribution in [-0.2, 0) is 15.4 Å². The maximum Gasteiger partial charge on any atom is 0.156 e. The normalized spacial score (nSPS) is 36.4. The van der Waals surface area contributed by atoms with E-state index in [4.69, 9.17) is 0 Å². The fourth-order valence-corrected chi connectivity index (χ4v) is 5.96. The lowest BCUT2D eigenvalue weighted by molar-refractivity contribution is 0.0138. The largest absolute Gasteiger partial charge is 0.385 e. The van der Waals surface area contributed by atoms with Crippen molar-refractivity contribution in [3.8, 4) is 0 Å². The fourth-order valence-electron chi connectivity index (χ4n) is 3.47. The van der Waals surface area contributed by atoms with E-state index in [0.717, 1.165) is 0 Å². The van der Waals surface area contributed by atoms with E-state index in [2.05, 4.69) is 0 Å². The molecule has 19 heavy (non-hydrogen) atoms. The van der Waals surface area contributed by atoms with Gasteiger partial charge in [-0.1, -0.05) is 18.2 Å². The maximum atomic E-state index is 14.2. The average molecular weight is 284 g/mol. The summed E-state index contributed by atoms with van der Waals surface area (Å²) >= 11 is 0. The number of aliphatic hydroxyl groups is 1. The smallest absolute Gasteiger partial charge is 0.156 e. The van der Waals surface area contributed by atoms with Gasteiger partial charge in [-0.05, 0) is 38.2 Å². The van der Waals surface area contributed by atoms with Crippen molar-refractivity contribution in [2.24, 2.45) is 0 Å². The van der Waals surface area contributed by atoms with E-state index >= 15 is 0 Å². The molecule has 3 rings (SSSR count). The van der Waals surface area contributed by atoms with Crippen LogP contribution in [0.15, 0.2) is 18.2 Å². The van der Waals surface area contributed by atoms with Crippen LogP contribution in [0.25, 0.3) is 0 Å². The van der Waals surface area contributed by atoms with Crippen molar-refractivity contribution in [1.82, 2.24) is 0 Å². The lowest BCUT2D eigenvalue weighted by Crippen LogP contribution is -2.43. The quantitative estimate of drug-likeness (QED) is 0.859. The predicted molar refractivity (Wildman–Crippen MR) is 70.0 cm³/mol. The van der Waals surface area contributed by atoms with Gasteiger partial charge in [-0.3, -0.25) is 0 Å². The number of hydrogen-bond donors (Lipinski definition) is 1. The molecule has 0 radical (unpaired) electrons. The van der Waals surface area contributed by atoms with Gasteiger partial charge < -0.3 is 5.11 Å². The molecule has 2 atom stereocenters. The first-order valence-corrected chi connectivity index (χ1v) is 8.16. The van der Waals surface area contributed by atoms with E-state index in [9.17, 15) is 17.9 Å². The molecule has 3 nitrogen and oxygen atoms in total. The Morgan fingerprint density at radius 2 is 1.84 bits per heavy atom. The molecular weight excluding hydrogens is 267 g/mol. The van der Waals surface area contributed by atoms with Crippen LogP contribution in [0.1, 0.15) is 36.8 Å². The Bertz CT molecular complexity index is 604. The molecule has 5 heteroatoms. The number of sulfone groups is 1. The third kappa shape index (κ3) is 1.82. The van der Waals surface area contributed by atoms with Gasteiger partial charge in [-0.2, -0.15) is 0 Å². The molecule has 2 heterocycles. The first-order chi connectivity index (χ1) is 8.84. The zero-order valence-electron chi connectivity index (χ0n) is 10.8. The van der Waals surface area contributed by atoms with Crippen LogP contribution in [0.3, 0.4) is 0 Å². The number of halogens is 1. The van der Waals surface area contributed by atoms with Gasteiger partial charge in [0.15, 0.2) is 9.84 Å². The number of hydrogen-bond acceptors (Lipinski definition) is 3. The molecule has 2 aliphatic heterocycles. The third-order valence-corrected chi connectivity index (χ3v) is 7.23. The Balaban J connectivity index is 2.05. The van der Waals surface area contributed by atoms with Gasteiger partial charge in [0.2, 0.25) is 0 Å². The summed E-state index contributed by atoms with van der Waals surface area (Å²) in [4.78, 5) is 0. The van der Waals surface area contributed by atoms with Crippen molar-refractivity contribution >= 4 is 9.84 Å². The minimum absolute atomic E-state index is 0.117. The second kappa shape index (κ2) is 4.03. The monoisotopic (exact) mass is 284 g/mol. The molecule has 2 saturated heterocycles. The molecule has 0 amide bonds. The van der Waals surface area contributed by atoms with Crippen LogP contribution in [0.4, 0.5) is 4.39 Å². The zero-order valence-corrected chi connectivity index (χ0v) is 11.6. The van der Waals surface area contributed by atoms with Crippen LogP contribution >= 0.6 is 0 Å². The van der Waals surface area contributed by atoms with Crippen LogP contribution in [0.2, 0.25) is 0 Å². The van der Waals surface area contributed by atoms with Gasteiger partial charge >= 0.3 is 0 Å². The Morgan fingerprint density at radius 3 is 2.42 bits per heavy atom. The summed E-state index contributed by atoms with van der Waals surface area (Å²) in [5, 5.41) is 9.72. The van der Waals surface area contributed by atoms with Gasteiger partial charge in [0, 0.05) is 5.56 Å². The van der Waals surface area contributed by atoms with Crippen molar-refractivity contribution in [3.05, 3.63) is 35.1 Å². The predicted octanol–water partition coefficient (Wildman–Crippen LogP) is 2.06. The summed E-state index contributed by atoms with van der Waals surface area (Å²) in [6, 6.07) is 4.92. The Morgan fingerprint density at radius 1 is 1.26 bits per heavy atom. The summed E-state index contributed by atoms with van der Waals surface area (Å²) in [6.07, 6.45) is 1.41. The van der Waals surface area contributed by atoms with E-state index in [1.54, 1.807) is 25.1 Å². The summed E-state index contributed by atoms with van der Waals surface area (Å²) < 4.78 is 38.3. The molecule has 2 unspecified atom stereocenters. The summed E-state index contributed by atoms with van der Waals surface area (Å²) in [5.74, 6) is -0.413. The second-order valence-corrected chi connectivity index (χ2v) is 8.30. The number of fused-ring (bicyclic) bond motifs is 2. The van der Waals surface area contributed by atoms with Gasteiger partial charge in [-0.25, -0.2) is 12.8 Å². The molecule has 0 spiro atoms. The van der Waals surface area contributed by atoms with E-state index in [1.807, 2.05) is 0 Å². The summed E-state index contributed by atoms with van der Waals surface area (Å²) in [5.41, 5.74) is -0.612. The van der Waals surface area contributed by atoms with E-state index in [1.165, 1.54) is 0 Å². The number of rotatable bonds is 1. The fraction of sp³-hybridized carbons (Fsp3) is 0.571. The minimum atomic E-state index is -3.11. The van der Waals surface area contributed by atoms with Crippen LogP contribution in [0, 0.1) is 12.7 Å². The van der Waals surface area contributed by atoms with Crippen molar-refractivity contribution in [2.75, 3.05) is 0 Å². The Hall–Kier alpha value is -0.940. The van der Waals surface area contributed by atoms with Gasteiger partial charge in [0.25, 0.3) is 0 Å². The van der Waals surface area contributed by atoms with E-state index < -0.39 is 31.8 Å². The van der Waals surface area contributed by atoms with Crippen LogP contribution in [-0.4, -0.2) is 24.0 Å². The average Bonchev–Trinajstić information content (AvgIpc) is 2.53. The Kier molecular flexibility index (Phi) is 2.77. The first kappa shape index (κ1) is 13.1. The molecular formula is C14H17FO3S. The van der Waals surface area contributed by atoms with Crippen molar-refractivity contribution in [3.63, 3.8) is 0 Å². The number of benzene rings is 1. The molecule has 1 aromatic rings. The van der Waals surface area contributed by atoms with Gasteiger partial charge in [-0.15, -0.1) is 0 Å². The molecule has 2 aliphatic rings. The topological polar surface area (TPSA) is 54.4 Å². The molecule has 0 aliphatic carbocycles. The van der Waals surface area contributed by atoms with Crippen molar-refractivity contribution in [2.45, 2.75) is 48.7 Å². The first-order valence-electron chi connectivity index (χ1n) is 6.55. The van der Waals surface area contributed by atoms with Crippen LogP contribution in [0.5, 0.6) is 0 Å². The minimum Gasteiger partial charge on any atom is -0.385 e. The standard InChI is InChI=1S/C14H17FO3S/c1-9-3-2-4-12(13(9)15)14(16)7-10-5-6-11(8-14)19(10,17)18/h2-4,10-11,16H,5-8H2,1H3. The summed E-state index contributed by atoms with van der Waals surface area (Å²) in [6.45, 7) is 1.65. The van der Waals surface area contributed by atoms with Crippen molar-refractivity contribution < 1.29 is 17.9 Å². The second-order valence-electron chi connectivity index (χ2n) is 5.79. The zero-order chi connectivity index (χ0) is 13.8. The highest BCUT2D eigenvalue weighted by atomic mass is 32.2. The SMILES string of the molecule is Cc1cccc(C2(O)CC3CCC(C2)S3(=O)=O)c1F. The number of aryl methyl sites for hydroxylation is 1. The lowest BCUT2D eigenvalue weighted by Gasteiger charge is -2.36. The molecule has 0 saturated carbocycles. The highest BCUT2D eigenvalue weighted by molar-refractivity contribution is 7.93. The molecule has 1 aromatic carbocycles. The maximum absolute atomic E-state index is 14.2. The third-order valence-electron chi connectivity index (χ3n) is 4.56. The Labute approximate surface area is 112 Å². The summed E-state index contributed by atoms with van der Waals surface area (Å²) in [7, 11) is -3.11. The lowest BCUT2D eigenvalue weighted by atomic mass is 9.85. The van der Waals surface area contributed by atoms with Crippen molar-refractivity contribution in [1.29, 1.82) is 0 Å². The molecule has 2 fully saturated rings. The molecule has 104 valence electrons. The highest BCUT2D eigenvalue weighted by Crippen LogP contribution is 2.48. The molecule has 1 N–H and O–H groups in total.